The molecule has 4 rings (SSSR count). The number of nitrogens with zero attached hydrogens (tertiary/aromatic N) is 6. The van der Waals surface area contributed by atoms with Crippen LogP contribution < -0.4 is 10.9 Å². The second-order valence-corrected chi connectivity index (χ2v) is 8.91. The lowest BCUT2D eigenvalue weighted by molar-refractivity contribution is -0.0456. The maximum absolute atomic E-state index is 14.9. The highest BCUT2D eigenvalue weighted by molar-refractivity contribution is 7.98. The van der Waals surface area contributed by atoms with E-state index in [1.807, 2.05) is 11.6 Å². The molecule has 0 amide bonds. The molecule has 4 atom stereocenters. The fraction of sp³-hybridized carbons (Fsp3) is 0.467. The van der Waals surface area contributed by atoms with Crippen LogP contribution in [0.5, 0.6) is 0 Å². The lowest BCUT2D eigenvalue weighted by Gasteiger charge is -2.14. The number of aromatic nitrogens is 6. The normalized spacial score (nSPS) is 24.3. The average molecular weight is 475 g/mol. The number of alkyl halides is 1. The third kappa shape index (κ3) is 4.35. The number of anilines is 1. The maximum Gasteiger partial charge on any atom is 0.333 e. The van der Waals surface area contributed by atoms with Gasteiger partial charge in [0.1, 0.15) is 35.2 Å². The summed E-state index contributed by atoms with van der Waals surface area (Å²) < 4.78 is 49.8. The number of nitrogens with two attached hydrogens (primary N) is 2. The highest BCUT2D eigenvalue weighted by Crippen LogP contribution is 2.37. The molecule has 0 aromatic carbocycles. The summed E-state index contributed by atoms with van der Waals surface area (Å²) in [6, 6.07) is 0. The van der Waals surface area contributed by atoms with Crippen molar-refractivity contribution < 1.29 is 26.8 Å². The van der Waals surface area contributed by atoms with E-state index in [1.54, 1.807) is 12.4 Å². The molecule has 0 radical (unpaired) electrons. The van der Waals surface area contributed by atoms with Crippen LogP contribution in [0, 0.1) is 0 Å². The van der Waals surface area contributed by atoms with Crippen molar-refractivity contribution in [1.29, 1.82) is 0 Å². The van der Waals surface area contributed by atoms with Crippen molar-refractivity contribution in [2.75, 3.05) is 12.3 Å². The number of thioether (sulfide) groups is 1. The van der Waals surface area contributed by atoms with Gasteiger partial charge in [0.05, 0.1) is 17.7 Å². The Morgan fingerprint density at radius 2 is 2.16 bits per heavy atom. The molecule has 5 N–H and O–H groups in total. The van der Waals surface area contributed by atoms with Gasteiger partial charge in [-0.25, -0.2) is 29.2 Å². The predicted octanol–water partition coefficient (Wildman–Crippen LogP) is -0.749. The number of aryl methyl sites for hydroxylation is 1. The quantitative estimate of drug-likeness (QED) is 0.366. The van der Waals surface area contributed by atoms with Gasteiger partial charge in [-0.1, -0.05) is 11.8 Å². The first-order valence-electron chi connectivity index (χ1n) is 8.88. The highest BCUT2D eigenvalue weighted by Gasteiger charge is 2.47. The van der Waals surface area contributed by atoms with Gasteiger partial charge in [-0.2, -0.15) is 13.5 Å². The monoisotopic (exact) mass is 474 g/mol. The van der Waals surface area contributed by atoms with Gasteiger partial charge in [-0.3, -0.25) is 4.18 Å². The Labute approximate surface area is 179 Å². The average Bonchev–Trinajstić information content (AvgIpc) is 3.36. The zero-order chi connectivity index (χ0) is 22.3. The summed E-state index contributed by atoms with van der Waals surface area (Å²) in [6.07, 6.45) is -1.65. The summed E-state index contributed by atoms with van der Waals surface area (Å²) >= 11 is 1.30. The first-order valence-corrected chi connectivity index (χ1v) is 11.3. The number of hydrogen-bond donors (Lipinski definition) is 3. The Bertz CT molecular complexity index is 1200. The van der Waals surface area contributed by atoms with Crippen molar-refractivity contribution in [3.8, 4) is 0 Å². The molecule has 1 saturated heterocycles. The Kier molecular flexibility index (Phi) is 5.84. The molecule has 0 saturated carbocycles. The van der Waals surface area contributed by atoms with E-state index < -0.39 is 41.5 Å². The molecule has 4 unspecified atom stereocenters. The van der Waals surface area contributed by atoms with E-state index in [0.717, 1.165) is 10.5 Å². The van der Waals surface area contributed by atoms with Crippen LogP contribution in [-0.2, 0) is 32.0 Å². The maximum atomic E-state index is 14.9. The molecule has 3 aromatic rings. The first kappa shape index (κ1) is 21.8. The van der Waals surface area contributed by atoms with Crippen LogP contribution in [0.2, 0.25) is 0 Å². The van der Waals surface area contributed by atoms with Crippen molar-refractivity contribution in [2.45, 2.75) is 35.4 Å². The number of nitrogen functional groups attached to an aromatic ring is 1. The molecular formula is C15H19FN8O5S2. The van der Waals surface area contributed by atoms with Crippen molar-refractivity contribution in [3.05, 3.63) is 24.5 Å². The van der Waals surface area contributed by atoms with Crippen LogP contribution in [0.1, 0.15) is 12.1 Å². The molecule has 31 heavy (non-hydrogen) atoms. The standard InChI is InChI=1S/C15H19FN8O5S2/c1-23-3-2-19-8(23)5-30-14-9-12(17)20-6-21-13(9)24(22-14)15-10(16)11(25)7(29-15)4-28-31(18,26)27/h2-3,6-7,10-11,15,25H,4-5H2,1H3,(H2,17,20,21)(H2,18,26,27). The predicted molar refractivity (Wildman–Crippen MR) is 106 cm³/mol. The van der Waals surface area contributed by atoms with Gasteiger partial charge in [-0.15, -0.1) is 0 Å². The van der Waals surface area contributed by atoms with E-state index in [0.29, 0.717) is 16.2 Å². The van der Waals surface area contributed by atoms with E-state index in [2.05, 4.69) is 24.2 Å². The number of hydrogen-bond acceptors (Lipinski definition) is 11. The lowest BCUT2D eigenvalue weighted by Crippen LogP contribution is -2.33. The fourth-order valence-corrected chi connectivity index (χ4v) is 4.46. The minimum atomic E-state index is -4.29. The Morgan fingerprint density at radius 3 is 2.84 bits per heavy atom. The third-order valence-corrected chi connectivity index (χ3v) is 6.10. The van der Waals surface area contributed by atoms with Crippen LogP contribution in [0.3, 0.4) is 0 Å². The lowest BCUT2D eigenvalue weighted by atomic mass is 10.1. The van der Waals surface area contributed by atoms with Gasteiger partial charge in [0.2, 0.25) is 0 Å². The second kappa shape index (κ2) is 8.29. The van der Waals surface area contributed by atoms with Gasteiger partial charge in [0.15, 0.2) is 18.0 Å². The highest BCUT2D eigenvalue weighted by atomic mass is 32.2. The number of rotatable bonds is 7. The van der Waals surface area contributed by atoms with E-state index >= 15 is 0 Å². The summed E-state index contributed by atoms with van der Waals surface area (Å²) in [4.78, 5) is 12.4. The zero-order valence-electron chi connectivity index (χ0n) is 16.1. The second-order valence-electron chi connectivity index (χ2n) is 6.73. The number of aliphatic hydroxyl groups is 1. The summed E-state index contributed by atoms with van der Waals surface area (Å²) in [5.41, 5.74) is 6.21. The zero-order valence-corrected chi connectivity index (χ0v) is 17.7. The van der Waals surface area contributed by atoms with E-state index in [1.165, 1.54) is 18.1 Å². The molecule has 1 aliphatic heterocycles. The van der Waals surface area contributed by atoms with Gasteiger partial charge in [0, 0.05) is 19.4 Å². The Balaban J connectivity index is 1.64. The minimum Gasteiger partial charge on any atom is -0.387 e. The number of ether oxygens (including phenoxy) is 1. The Morgan fingerprint density at radius 1 is 1.39 bits per heavy atom. The van der Waals surface area contributed by atoms with Crippen molar-refractivity contribution >= 4 is 38.9 Å². The third-order valence-electron chi connectivity index (χ3n) is 4.68. The molecule has 0 aliphatic carbocycles. The first-order chi connectivity index (χ1) is 14.7. The molecule has 1 fully saturated rings. The smallest absolute Gasteiger partial charge is 0.333 e. The van der Waals surface area contributed by atoms with Crippen LogP contribution >= 0.6 is 11.8 Å². The van der Waals surface area contributed by atoms with Gasteiger partial charge < -0.3 is 20.1 Å². The van der Waals surface area contributed by atoms with Gasteiger partial charge in [0.25, 0.3) is 0 Å². The van der Waals surface area contributed by atoms with Crippen molar-refractivity contribution in [3.63, 3.8) is 0 Å². The number of aliphatic hydroxyl groups excluding tert-OH is 1. The molecule has 13 nitrogen and oxygen atoms in total. The summed E-state index contributed by atoms with van der Waals surface area (Å²) in [6.45, 7) is -0.659. The fourth-order valence-electron chi connectivity index (χ4n) is 3.11. The Hall–Kier alpha value is -2.37. The molecule has 3 aromatic heterocycles. The van der Waals surface area contributed by atoms with Gasteiger partial charge >= 0.3 is 10.3 Å². The molecule has 0 spiro atoms. The molecule has 4 heterocycles. The van der Waals surface area contributed by atoms with E-state index in [-0.39, 0.29) is 11.5 Å². The van der Waals surface area contributed by atoms with Crippen LogP contribution in [0.25, 0.3) is 11.0 Å². The molecule has 168 valence electrons. The van der Waals surface area contributed by atoms with Crippen LogP contribution in [-0.4, -0.2) is 67.8 Å². The molecular weight excluding hydrogens is 455 g/mol. The van der Waals surface area contributed by atoms with Crippen molar-refractivity contribution in [2.24, 2.45) is 12.2 Å². The number of halogens is 1. The molecule has 0 bridgehead atoms. The summed E-state index contributed by atoms with van der Waals surface area (Å²) in [5, 5.41) is 20.1. The largest absolute Gasteiger partial charge is 0.387 e. The van der Waals surface area contributed by atoms with Crippen molar-refractivity contribution in [1.82, 2.24) is 29.3 Å². The van der Waals surface area contributed by atoms with Gasteiger partial charge in [-0.05, 0) is 0 Å². The van der Waals surface area contributed by atoms with Crippen LogP contribution in [0.4, 0.5) is 10.2 Å². The van der Waals surface area contributed by atoms with E-state index in [4.69, 9.17) is 15.6 Å². The number of fused-ring (bicyclic) bond motifs is 1. The van der Waals surface area contributed by atoms with Crippen LogP contribution in [0.15, 0.2) is 23.7 Å². The molecule has 16 heteroatoms. The summed E-state index contributed by atoms with van der Waals surface area (Å²) in [5.74, 6) is 1.36. The number of imidazole rings is 1. The molecule has 1 aliphatic rings. The van der Waals surface area contributed by atoms with E-state index in [9.17, 15) is 17.9 Å². The summed E-state index contributed by atoms with van der Waals surface area (Å²) in [7, 11) is -2.44. The SMILES string of the molecule is Cn1ccnc1CSc1nn(C2OC(COS(N)(=O)=O)C(O)C2F)c2ncnc(N)c12. The minimum absolute atomic E-state index is 0.140. The topological polar surface area (TPSA) is 186 Å².